The number of aromatic nitrogens is 4. The Bertz CT molecular complexity index is 653. The predicted molar refractivity (Wildman–Crippen MR) is 80.0 cm³/mol. The van der Waals surface area contributed by atoms with E-state index in [-0.39, 0.29) is 23.6 Å². The van der Waals surface area contributed by atoms with Gasteiger partial charge in [0.2, 0.25) is 0 Å². The molecule has 0 saturated heterocycles. The minimum atomic E-state index is -0.339. The third-order valence-corrected chi connectivity index (χ3v) is 5.01. The quantitative estimate of drug-likeness (QED) is 0.784. The van der Waals surface area contributed by atoms with Gasteiger partial charge in [0.1, 0.15) is 17.3 Å². The fourth-order valence-corrected chi connectivity index (χ4v) is 3.38. The van der Waals surface area contributed by atoms with Gasteiger partial charge in [-0.25, -0.2) is 4.79 Å². The molecule has 2 aromatic rings. The van der Waals surface area contributed by atoms with Crippen molar-refractivity contribution in [2.45, 2.75) is 39.4 Å². The van der Waals surface area contributed by atoms with Crippen molar-refractivity contribution in [1.29, 1.82) is 0 Å². The van der Waals surface area contributed by atoms with Crippen molar-refractivity contribution < 1.29 is 14.3 Å². The van der Waals surface area contributed by atoms with Crippen LogP contribution >= 0.6 is 11.3 Å². The Morgan fingerprint density at radius 3 is 2.95 bits per heavy atom. The Kier molecular flexibility index (Phi) is 3.96. The molecule has 8 heteroatoms. The normalized spacial score (nSPS) is 23.0. The molecular formula is C14H18N4O3S. The Labute approximate surface area is 132 Å². The molecule has 0 N–H and O–H groups in total. The van der Waals surface area contributed by atoms with Crippen LogP contribution in [-0.4, -0.2) is 45.0 Å². The summed E-state index contributed by atoms with van der Waals surface area (Å²) in [5, 5.41) is 12.8. The molecule has 0 aromatic carbocycles. The van der Waals surface area contributed by atoms with Crippen LogP contribution in [-0.2, 0) is 9.47 Å². The number of rotatable bonds is 5. The van der Waals surface area contributed by atoms with E-state index in [0.717, 1.165) is 6.42 Å². The highest BCUT2D eigenvalue weighted by Crippen LogP contribution is 2.45. The number of ether oxygens (including phenoxy) is 2. The van der Waals surface area contributed by atoms with Crippen molar-refractivity contribution in [2.75, 3.05) is 6.61 Å². The van der Waals surface area contributed by atoms with Crippen molar-refractivity contribution in [3.8, 4) is 5.69 Å². The summed E-state index contributed by atoms with van der Waals surface area (Å²) in [5.74, 6) is -0.339. The van der Waals surface area contributed by atoms with Gasteiger partial charge in [0.05, 0.1) is 11.8 Å². The van der Waals surface area contributed by atoms with Crippen molar-refractivity contribution in [3.63, 3.8) is 0 Å². The molecule has 0 amide bonds. The van der Waals surface area contributed by atoms with Crippen LogP contribution in [0, 0.1) is 5.41 Å². The average Bonchev–Trinajstić information content (AvgIpc) is 3.16. The first kappa shape index (κ1) is 15.1. The summed E-state index contributed by atoms with van der Waals surface area (Å²) in [7, 11) is 0. The van der Waals surface area contributed by atoms with Crippen LogP contribution in [0.4, 0.5) is 0 Å². The van der Waals surface area contributed by atoms with Gasteiger partial charge in [-0.2, -0.15) is 4.68 Å². The molecule has 0 unspecified atom stereocenters. The van der Waals surface area contributed by atoms with E-state index in [9.17, 15) is 4.79 Å². The Hall–Kier alpha value is -1.80. The fraction of sp³-hybridized carbons (Fsp3) is 0.571. The first-order chi connectivity index (χ1) is 10.5. The number of hydrogen-bond acceptors (Lipinski definition) is 7. The van der Waals surface area contributed by atoms with Gasteiger partial charge >= 0.3 is 5.97 Å². The lowest BCUT2D eigenvalue weighted by molar-refractivity contribution is -0.174. The third kappa shape index (κ3) is 2.52. The summed E-state index contributed by atoms with van der Waals surface area (Å²) < 4.78 is 12.8. The van der Waals surface area contributed by atoms with Crippen LogP contribution < -0.4 is 0 Å². The first-order valence-corrected chi connectivity index (χ1v) is 8.05. The van der Waals surface area contributed by atoms with E-state index < -0.39 is 0 Å². The lowest BCUT2D eigenvalue weighted by Crippen LogP contribution is -2.56. The maximum atomic E-state index is 12.4. The summed E-state index contributed by atoms with van der Waals surface area (Å²) >= 11 is 1.32. The Morgan fingerprint density at radius 2 is 2.32 bits per heavy atom. The van der Waals surface area contributed by atoms with E-state index in [1.54, 1.807) is 6.07 Å². The summed E-state index contributed by atoms with van der Waals surface area (Å²) in [6.07, 6.45) is 2.19. The number of carbonyl (C=O) groups is 1. The highest BCUT2D eigenvalue weighted by Gasteiger charge is 2.51. The predicted octanol–water partition coefficient (Wildman–Crippen LogP) is 2.08. The second-order valence-corrected chi connectivity index (χ2v) is 6.70. The fourth-order valence-electron chi connectivity index (χ4n) is 2.62. The van der Waals surface area contributed by atoms with Gasteiger partial charge in [0, 0.05) is 18.4 Å². The summed E-state index contributed by atoms with van der Waals surface area (Å²) in [5.41, 5.74) is 0.469. The molecule has 2 atom stereocenters. The van der Waals surface area contributed by atoms with Crippen molar-refractivity contribution >= 4 is 17.3 Å². The zero-order valence-electron chi connectivity index (χ0n) is 12.7. The molecule has 118 valence electrons. The number of thiophene rings is 1. The molecule has 22 heavy (non-hydrogen) atoms. The zero-order valence-corrected chi connectivity index (χ0v) is 13.5. The zero-order chi connectivity index (χ0) is 15.7. The smallest absolute Gasteiger partial charge is 0.350 e. The number of carbonyl (C=O) groups excluding carboxylic acids is 1. The SMILES string of the molecule is CCO[C@H]1C[C@@H](OC(=O)c2sccc2-n2cnnn2)C1(C)C. The topological polar surface area (TPSA) is 79.1 Å². The van der Waals surface area contributed by atoms with Crippen LogP contribution in [0.1, 0.15) is 36.9 Å². The number of nitrogens with zero attached hydrogens (tertiary/aromatic N) is 4. The minimum absolute atomic E-state index is 0.137. The molecule has 0 aliphatic heterocycles. The molecule has 1 aliphatic carbocycles. The molecule has 7 nitrogen and oxygen atoms in total. The van der Waals surface area contributed by atoms with Gasteiger partial charge in [-0.15, -0.1) is 16.4 Å². The standard InChI is InChI=1S/C14H18N4O3S/c1-4-20-10-7-11(14(10,2)3)21-13(19)12-9(5-6-22-12)18-8-15-16-17-18/h5-6,8,10-11H,4,7H2,1-3H3/t10-,11+/m0/s1. The monoisotopic (exact) mass is 322 g/mol. The minimum Gasteiger partial charge on any atom is -0.457 e. The maximum Gasteiger partial charge on any atom is 0.350 e. The van der Waals surface area contributed by atoms with Crippen molar-refractivity contribution in [1.82, 2.24) is 20.2 Å². The summed E-state index contributed by atoms with van der Waals surface area (Å²) in [4.78, 5) is 12.9. The van der Waals surface area contributed by atoms with Gasteiger partial charge in [-0.05, 0) is 28.8 Å². The molecule has 3 rings (SSSR count). The van der Waals surface area contributed by atoms with Gasteiger partial charge in [-0.3, -0.25) is 0 Å². The Balaban J connectivity index is 1.71. The van der Waals surface area contributed by atoms with Gasteiger partial charge in [0.25, 0.3) is 0 Å². The third-order valence-electron chi connectivity index (χ3n) is 4.13. The number of tetrazole rings is 1. The van der Waals surface area contributed by atoms with E-state index in [2.05, 4.69) is 29.4 Å². The maximum absolute atomic E-state index is 12.4. The highest BCUT2D eigenvalue weighted by molar-refractivity contribution is 7.12. The highest BCUT2D eigenvalue weighted by atomic mass is 32.1. The van der Waals surface area contributed by atoms with Crippen molar-refractivity contribution in [3.05, 3.63) is 22.7 Å². The van der Waals surface area contributed by atoms with E-state index in [1.165, 1.54) is 22.3 Å². The first-order valence-electron chi connectivity index (χ1n) is 7.17. The molecule has 1 aliphatic rings. The molecule has 1 saturated carbocycles. The number of esters is 1. The van der Waals surface area contributed by atoms with E-state index >= 15 is 0 Å². The number of hydrogen-bond donors (Lipinski definition) is 0. The van der Waals surface area contributed by atoms with Gasteiger partial charge < -0.3 is 9.47 Å². The van der Waals surface area contributed by atoms with Crippen LogP contribution in [0.2, 0.25) is 0 Å². The van der Waals surface area contributed by atoms with E-state index in [1.807, 2.05) is 12.3 Å². The molecule has 2 heterocycles. The summed E-state index contributed by atoms with van der Waals surface area (Å²) in [6, 6.07) is 1.80. The van der Waals surface area contributed by atoms with E-state index in [4.69, 9.17) is 9.47 Å². The van der Waals surface area contributed by atoms with Crippen LogP contribution in [0.5, 0.6) is 0 Å². The largest absolute Gasteiger partial charge is 0.457 e. The molecular weight excluding hydrogens is 304 g/mol. The second-order valence-electron chi connectivity index (χ2n) is 5.78. The van der Waals surface area contributed by atoms with Crippen molar-refractivity contribution in [2.24, 2.45) is 5.41 Å². The Morgan fingerprint density at radius 1 is 1.50 bits per heavy atom. The second kappa shape index (κ2) is 5.77. The molecule has 0 spiro atoms. The summed E-state index contributed by atoms with van der Waals surface area (Å²) in [6.45, 7) is 6.76. The van der Waals surface area contributed by atoms with Gasteiger partial charge in [0.15, 0.2) is 0 Å². The molecule has 2 aromatic heterocycles. The van der Waals surface area contributed by atoms with Gasteiger partial charge in [-0.1, -0.05) is 13.8 Å². The van der Waals surface area contributed by atoms with Crippen LogP contribution in [0.25, 0.3) is 5.69 Å². The molecule has 0 radical (unpaired) electrons. The lowest BCUT2D eigenvalue weighted by Gasteiger charge is -2.50. The molecule has 1 fully saturated rings. The lowest BCUT2D eigenvalue weighted by atomic mass is 9.66. The van der Waals surface area contributed by atoms with E-state index in [0.29, 0.717) is 17.2 Å². The van der Waals surface area contributed by atoms with Crippen LogP contribution in [0.15, 0.2) is 17.8 Å². The average molecular weight is 322 g/mol. The molecule has 0 bridgehead atoms. The van der Waals surface area contributed by atoms with Crippen LogP contribution in [0.3, 0.4) is 0 Å².